The summed E-state index contributed by atoms with van der Waals surface area (Å²) in [6.45, 7) is 8.03. The van der Waals surface area contributed by atoms with E-state index < -0.39 is 0 Å². The number of hydrogen-bond acceptors (Lipinski definition) is 2. The first-order valence-electron chi connectivity index (χ1n) is 6.80. The summed E-state index contributed by atoms with van der Waals surface area (Å²) in [6.07, 6.45) is 0.601. The van der Waals surface area contributed by atoms with Crippen LogP contribution in [-0.2, 0) is 0 Å². The fourth-order valence-electron chi connectivity index (χ4n) is 2.83. The summed E-state index contributed by atoms with van der Waals surface area (Å²) in [5.74, 6) is 0. The van der Waals surface area contributed by atoms with E-state index in [9.17, 15) is 4.39 Å². The van der Waals surface area contributed by atoms with Crippen LogP contribution in [0.5, 0.6) is 0 Å². The van der Waals surface area contributed by atoms with E-state index in [2.05, 4.69) is 42.3 Å². The molecule has 1 aliphatic rings. The second-order valence-corrected chi connectivity index (χ2v) is 5.14. The Kier molecular flexibility index (Phi) is 4.72. The van der Waals surface area contributed by atoms with E-state index in [1.54, 1.807) is 0 Å². The summed E-state index contributed by atoms with van der Waals surface area (Å²) in [7, 11) is 0. The second kappa shape index (κ2) is 6.30. The van der Waals surface area contributed by atoms with Crippen LogP contribution in [0.2, 0.25) is 0 Å². The van der Waals surface area contributed by atoms with Gasteiger partial charge in [-0.1, -0.05) is 23.8 Å². The van der Waals surface area contributed by atoms with Gasteiger partial charge in [-0.3, -0.25) is 9.29 Å². The average molecular weight is 250 g/mol. The van der Waals surface area contributed by atoms with Crippen molar-refractivity contribution >= 4 is 0 Å². The molecule has 2 rings (SSSR count). The Balaban J connectivity index is 2.22. The molecule has 1 atom stereocenters. The molecule has 0 bridgehead atoms. The molecule has 18 heavy (non-hydrogen) atoms. The highest BCUT2D eigenvalue weighted by Gasteiger charge is 2.22. The van der Waals surface area contributed by atoms with Crippen LogP contribution in [0.3, 0.4) is 0 Å². The van der Waals surface area contributed by atoms with Gasteiger partial charge in [0.25, 0.3) is 0 Å². The first-order chi connectivity index (χ1) is 8.72. The normalized spacial score (nSPS) is 18.8. The first kappa shape index (κ1) is 13.5. The largest absolute Gasteiger partial charge is 0.314 e. The van der Waals surface area contributed by atoms with Crippen molar-refractivity contribution in [3.05, 3.63) is 34.9 Å². The molecule has 0 unspecified atom stereocenters. The predicted molar refractivity (Wildman–Crippen MR) is 73.7 cm³/mol. The van der Waals surface area contributed by atoms with Crippen molar-refractivity contribution in [2.45, 2.75) is 26.3 Å². The fourth-order valence-corrected chi connectivity index (χ4v) is 2.83. The molecule has 1 N–H and O–H groups in total. The third-order valence-electron chi connectivity index (χ3n) is 3.76. The maximum Gasteiger partial charge on any atom is 0.0912 e. The molecule has 100 valence electrons. The minimum Gasteiger partial charge on any atom is -0.314 e. The highest BCUT2D eigenvalue weighted by molar-refractivity contribution is 5.33. The van der Waals surface area contributed by atoms with Crippen LogP contribution in [0.15, 0.2) is 18.2 Å². The minimum atomic E-state index is -0.248. The Morgan fingerprint density at radius 2 is 2.00 bits per heavy atom. The standard InChI is InChI=1S/C15H23FN2/c1-12-3-4-14(13(2)11-12)15(5-6-16)18-9-7-17-8-10-18/h3-4,11,15,17H,5-10H2,1-2H3/t15-/m1/s1. The zero-order valence-electron chi connectivity index (χ0n) is 11.4. The van der Waals surface area contributed by atoms with Crippen LogP contribution in [0.4, 0.5) is 4.39 Å². The number of nitrogens with zero attached hydrogens (tertiary/aromatic N) is 1. The van der Waals surface area contributed by atoms with E-state index in [-0.39, 0.29) is 12.7 Å². The molecule has 3 heteroatoms. The highest BCUT2D eigenvalue weighted by Crippen LogP contribution is 2.28. The third kappa shape index (κ3) is 3.09. The molecule has 1 saturated heterocycles. The molecule has 1 fully saturated rings. The van der Waals surface area contributed by atoms with E-state index in [0.29, 0.717) is 6.42 Å². The lowest BCUT2D eigenvalue weighted by Crippen LogP contribution is -2.45. The highest BCUT2D eigenvalue weighted by atomic mass is 19.1. The van der Waals surface area contributed by atoms with Gasteiger partial charge in [0.05, 0.1) is 6.67 Å². The van der Waals surface area contributed by atoms with Crippen molar-refractivity contribution in [2.75, 3.05) is 32.9 Å². The molecular formula is C15H23FN2. The molecule has 2 nitrogen and oxygen atoms in total. The van der Waals surface area contributed by atoms with Gasteiger partial charge in [0.1, 0.15) is 0 Å². The number of nitrogens with one attached hydrogen (secondary N) is 1. The molecule has 0 spiro atoms. The number of halogens is 1. The van der Waals surface area contributed by atoms with Crippen LogP contribution >= 0.6 is 0 Å². The Labute approximate surface area is 109 Å². The van der Waals surface area contributed by atoms with E-state index in [1.165, 1.54) is 16.7 Å². The topological polar surface area (TPSA) is 15.3 Å². The van der Waals surface area contributed by atoms with Gasteiger partial charge in [0.2, 0.25) is 0 Å². The lowest BCUT2D eigenvalue weighted by molar-refractivity contribution is 0.157. The number of alkyl halides is 1. The average Bonchev–Trinajstić information content (AvgIpc) is 2.38. The summed E-state index contributed by atoms with van der Waals surface area (Å²) >= 11 is 0. The molecule has 0 radical (unpaired) electrons. The van der Waals surface area contributed by atoms with Crippen LogP contribution < -0.4 is 5.32 Å². The SMILES string of the molecule is Cc1ccc([C@@H](CCF)N2CCNCC2)c(C)c1. The molecule has 0 amide bonds. The quantitative estimate of drug-likeness (QED) is 0.883. The molecule has 1 heterocycles. The lowest BCUT2D eigenvalue weighted by Gasteiger charge is -2.35. The maximum absolute atomic E-state index is 12.9. The van der Waals surface area contributed by atoms with Gasteiger partial charge < -0.3 is 5.32 Å². The molecule has 1 aromatic rings. The summed E-state index contributed by atoms with van der Waals surface area (Å²) in [4.78, 5) is 2.41. The Hall–Kier alpha value is -0.930. The van der Waals surface area contributed by atoms with Gasteiger partial charge in [0, 0.05) is 32.2 Å². The number of rotatable bonds is 4. The van der Waals surface area contributed by atoms with Gasteiger partial charge in [0.15, 0.2) is 0 Å². The molecule has 0 aliphatic carbocycles. The molecule has 1 aromatic carbocycles. The van der Waals surface area contributed by atoms with E-state index in [1.807, 2.05) is 0 Å². The van der Waals surface area contributed by atoms with E-state index in [0.717, 1.165) is 26.2 Å². The zero-order chi connectivity index (χ0) is 13.0. The smallest absolute Gasteiger partial charge is 0.0912 e. The van der Waals surface area contributed by atoms with Crippen molar-refractivity contribution in [1.82, 2.24) is 10.2 Å². The molecule has 0 aromatic heterocycles. The van der Waals surface area contributed by atoms with Crippen molar-refractivity contribution < 1.29 is 4.39 Å². The van der Waals surface area contributed by atoms with Crippen LogP contribution in [0.1, 0.15) is 29.2 Å². The van der Waals surface area contributed by atoms with Gasteiger partial charge in [-0.15, -0.1) is 0 Å². The second-order valence-electron chi connectivity index (χ2n) is 5.14. The summed E-state index contributed by atoms with van der Waals surface area (Å²) in [5.41, 5.74) is 3.85. The van der Waals surface area contributed by atoms with Crippen molar-refractivity contribution in [3.8, 4) is 0 Å². The van der Waals surface area contributed by atoms with Gasteiger partial charge in [-0.25, -0.2) is 0 Å². The van der Waals surface area contributed by atoms with Crippen molar-refractivity contribution in [3.63, 3.8) is 0 Å². The molecular weight excluding hydrogens is 227 g/mol. The number of piperazine rings is 1. The van der Waals surface area contributed by atoms with Gasteiger partial charge in [-0.05, 0) is 31.4 Å². The maximum atomic E-state index is 12.9. The number of hydrogen-bond donors (Lipinski definition) is 1. The lowest BCUT2D eigenvalue weighted by atomic mass is 9.95. The van der Waals surface area contributed by atoms with E-state index >= 15 is 0 Å². The Morgan fingerprint density at radius 1 is 1.28 bits per heavy atom. The van der Waals surface area contributed by atoms with Crippen LogP contribution in [0.25, 0.3) is 0 Å². The monoisotopic (exact) mass is 250 g/mol. The molecule has 0 saturated carbocycles. The Bertz CT molecular complexity index is 386. The van der Waals surface area contributed by atoms with Crippen LogP contribution in [-0.4, -0.2) is 37.8 Å². The van der Waals surface area contributed by atoms with Gasteiger partial charge in [-0.2, -0.15) is 0 Å². The Morgan fingerprint density at radius 3 is 2.61 bits per heavy atom. The van der Waals surface area contributed by atoms with Crippen molar-refractivity contribution in [1.29, 1.82) is 0 Å². The first-order valence-corrected chi connectivity index (χ1v) is 6.80. The van der Waals surface area contributed by atoms with Gasteiger partial charge >= 0.3 is 0 Å². The molecule has 1 aliphatic heterocycles. The zero-order valence-corrected chi connectivity index (χ0v) is 11.4. The van der Waals surface area contributed by atoms with Crippen LogP contribution in [0, 0.1) is 13.8 Å². The number of aryl methyl sites for hydroxylation is 2. The van der Waals surface area contributed by atoms with E-state index in [4.69, 9.17) is 0 Å². The summed E-state index contributed by atoms with van der Waals surface area (Å²) in [5, 5.41) is 3.35. The minimum absolute atomic E-state index is 0.234. The van der Waals surface area contributed by atoms with Crippen molar-refractivity contribution in [2.24, 2.45) is 0 Å². The predicted octanol–water partition coefficient (Wildman–Crippen LogP) is 2.61. The number of benzene rings is 1. The summed E-state index contributed by atoms with van der Waals surface area (Å²) in [6, 6.07) is 6.74. The summed E-state index contributed by atoms with van der Waals surface area (Å²) < 4.78 is 12.9. The fraction of sp³-hybridized carbons (Fsp3) is 0.600. The third-order valence-corrected chi connectivity index (χ3v) is 3.76.